The van der Waals surface area contributed by atoms with Gasteiger partial charge in [-0.15, -0.1) is 0 Å². The summed E-state index contributed by atoms with van der Waals surface area (Å²) in [5.41, 5.74) is 0.620. The molecule has 3 saturated heterocycles. The number of aliphatic hydroxyl groups excluding tert-OH is 9. The lowest BCUT2D eigenvalue weighted by molar-refractivity contribution is -0.364. The quantitative estimate of drug-likeness (QED) is 0.0334. The molecule has 0 radical (unpaired) electrons. The number of carbonyl (C=O) groups excluding carboxylic acids is 2. The van der Waals surface area contributed by atoms with E-state index in [9.17, 15) is 86.2 Å². The summed E-state index contributed by atoms with van der Waals surface area (Å²) in [4.78, 5) is 25.7. The van der Waals surface area contributed by atoms with Gasteiger partial charge in [0.25, 0.3) is 0 Å². The van der Waals surface area contributed by atoms with E-state index in [1.54, 1.807) is 0 Å². The summed E-state index contributed by atoms with van der Waals surface area (Å²) in [6.45, 7) is -2.42. The van der Waals surface area contributed by atoms with Crippen LogP contribution >= 0.6 is 0 Å². The van der Waals surface area contributed by atoms with Gasteiger partial charge in [0.2, 0.25) is 12.6 Å². The normalized spacial score (nSPS) is 30.7. The van der Waals surface area contributed by atoms with E-state index in [0.29, 0.717) is 0 Å². The van der Waals surface area contributed by atoms with Crippen molar-refractivity contribution in [3.63, 3.8) is 0 Å². The van der Waals surface area contributed by atoms with Gasteiger partial charge in [-0.25, -0.2) is 9.59 Å². The molecule has 3 fully saturated rings. The fraction of sp³-hybridized carbons (Fsp3) is 0.385. The molecular weight excluding hydrogens is 1060 g/mol. The van der Waals surface area contributed by atoms with Crippen LogP contribution in [0.3, 0.4) is 0 Å². The van der Waals surface area contributed by atoms with Crippen molar-refractivity contribution in [2.45, 2.75) is 98.2 Å². The molecule has 16 atom stereocenters. The predicted molar refractivity (Wildman–Crippen MR) is 261 cm³/mol. The van der Waals surface area contributed by atoms with Crippen LogP contribution in [0.4, 0.5) is 0 Å². The average Bonchev–Trinajstić information content (AvgIpc) is 3.59. The van der Waals surface area contributed by atoms with Gasteiger partial charge in [0.05, 0.1) is 19.3 Å². The zero-order valence-electron chi connectivity index (χ0n) is 41.2. The molecule has 4 heterocycles. The molecule has 27 heteroatoms. The SMILES string of the molecule is COc1cc(C2Oc3cc(O)cc(OC4OC(CO)C(O)C(O)C4O)c3C=C2OC2OC(COC(=O)C=Cc3ccc(O)c(O)c3)C(O)C(O)C2OC2OC(COC(=O)C=Cc3ccc(O)c(O)c3)C(O)C(O)C2O)ccc1O. The first kappa shape index (κ1) is 57.7. The fourth-order valence-corrected chi connectivity index (χ4v) is 8.58. The Kier molecular flexibility index (Phi) is 18.0. The number of phenols is 6. The minimum absolute atomic E-state index is 0.0707. The standard InChI is InChI=1S/C52H56O27/c1-70-33-14-23(6-9-28(33)57)48-34(17-25-31(73-48)15-24(54)16-32(25)74-50-46(68)43(65)40(62)35(18-53)76-50)75-52-49(45(67)42(64)37(78-52)20-72-39(61)11-5-22-3-8-27(56)30(59)13-22)79-51-47(69)44(66)41(63)36(77-51)19-71-38(60)10-4-21-2-7-26(55)29(58)12-21/h2-17,35-37,40-59,62-69H,18-20H2,1H3. The average molecular weight is 1110 g/mol. The molecule has 4 aliphatic heterocycles. The number of fused-ring (bicyclic) bond motifs is 1. The number of ether oxygens (including phenoxy) is 10. The number of aliphatic hydroxyl groups is 9. The molecule has 0 saturated carbocycles. The van der Waals surface area contributed by atoms with Crippen molar-refractivity contribution < 1.29 is 134 Å². The Balaban J connectivity index is 1.12. The number of phenolic OH excluding ortho intramolecular Hbond substituents is 6. The number of esters is 2. The van der Waals surface area contributed by atoms with E-state index in [-0.39, 0.29) is 51.0 Å². The maximum atomic E-state index is 13.0. The van der Waals surface area contributed by atoms with Gasteiger partial charge in [-0.3, -0.25) is 0 Å². The highest BCUT2D eigenvalue weighted by atomic mass is 16.8. The molecule has 0 spiro atoms. The van der Waals surface area contributed by atoms with E-state index in [0.717, 1.165) is 36.4 Å². The van der Waals surface area contributed by atoms with Crippen molar-refractivity contribution in [3.8, 4) is 51.7 Å². The van der Waals surface area contributed by atoms with E-state index in [1.165, 1.54) is 67.8 Å². The van der Waals surface area contributed by atoms with E-state index in [4.69, 9.17) is 47.4 Å². The zero-order valence-corrected chi connectivity index (χ0v) is 41.2. The molecule has 79 heavy (non-hydrogen) atoms. The predicted octanol–water partition coefficient (Wildman–Crippen LogP) is -1.25. The summed E-state index contributed by atoms with van der Waals surface area (Å²) >= 11 is 0. The van der Waals surface area contributed by atoms with Gasteiger partial charge in [-0.1, -0.05) is 18.2 Å². The second-order valence-electron chi connectivity index (χ2n) is 18.3. The summed E-state index contributed by atoms with van der Waals surface area (Å²) in [5, 5.41) is 159. The van der Waals surface area contributed by atoms with E-state index in [1.807, 2.05) is 0 Å². The van der Waals surface area contributed by atoms with Crippen molar-refractivity contribution in [2.75, 3.05) is 26.9 Å². The van der Waals surface area contributed by atoms with Gasteiger partial charge in [0.1, 0.15) is 103 Å². The third-order valence-corrected chi connectivity index (χ3v) is 12.9. The second-order valence-corrected chi connectivity index (χ2v) is 18.3. The third kappa shape index (κ3) is 13.0. The number of aromatic hydroxyl groups is 6. The van der Waals surface area contributed by atoms with Crippen molar-refractivity contribution >= 4 is 30.2 Å². The van der Waals surface area contributed by atoms with Gasteiger partial charge in [-0.05, 0) is 65.8 Å². The Labute approximate surface area is 446 Å². The molecule has 4 aliphatic rings. The molecule has 0 bridgehead atoms. The third-order valence-electron chi connectivity index (χ3n) is 12.9. The number of rotatable bonds is 17. The fourth-order valence-electron chi connectivity index (χ4n) is 8.58. The summed E-state index contributed by atoms with van der Waals surface area (Å²) in [5.74, 6) is -5.49. The number of benzene rings is 4. The maximum absolute atomic E-state index is 13.0. The van der Waals surface area contributed by atoms with Crippen molar-refractivity contribution in [3.05, 3.63) is 107 Å². The highest BCUT2D eigenvalue weighted by Crippen LogP contribution is 2.47. The largest absolute Gasteiger partial charge is 0.508 e. The first-order valence-electron chi connectivity index (χ1n) is 24.0. The first-order chi connectivity index (χ1) is 37.6. The lowest BCUT2D eigenvalue weighted by Crippen LogP contribution is -2.64. The van der Waals surface area contributed by atoms with Crippen LogP contribution in [0.5, 0.6) is 51.7 Å². The van der Waals surface area contributed by atoms with Gasteiger partial charge < -0.3 is 124 Å². The minimum atomic E-state index is -2.16. The van der Waals surface area contributed by atoms with Gasteiger partial charge >= 0.3 is 11.9 Å². The molecule has 16 unspecified atom stereocenters. The van der Waals surface area contributed by atoms with Crippen LogP contribution in [-0.2, 0) is 42.7 Å². The topological polar surface area (TPSA) is 430 Å². The molecule has 27 nitrogen and oxygen atoms in total. The van der Waals surface area contributed by atoms with Gasteiger partial charge in [0.15, 0.2) is 53.0 Å². The van der Waals surface area contributed by atoms with Gasteiger partial charge in [0, 0.05) is 29.8 Å². The monoisotopic (exact) mass is 1110 g/mol. The smallest absolute Gasteiger partial charge is 0.330 e. The summed E-state index contributed by atoms with van der Waals surface area (Å²) in [7, 11) is 1.26. The summed E-state index contributed by atoms with van der Waals surface area (Å²) in [6.07, 6.45) is -24.6. The van der Waals surface area contributed by atoms with Crippen LogP contribution in [0.25, 0.3) is 18.2 Å². The van der Waals surface area contributed by atoms with Crippen LogP contribution in [0.2, 0.25) is 0 Å². The lowest BCUT2D eigenvalue weighted by Gasteiger charge is -2.46. The van der Waals surface area contributed by atoms with Crippen LogP contribution in [0.1, 0.15) is 28.4 Å². The number of hydrogen-bond acceptors (Lipinski definition) is 27. The Morgan fingerprint density at radius 2 is 1.08 bits per heavy atom. The Morgan fingerprint density at radius 1 is 0.544 bits per heavy atom. The van der Waals surface area contributed by atoms with Crippen molar-refractivity contribution in [2.24, 2.45) is 0 Å². The molecule has 0 aromatic heterocycles. The van der Waals surface area contributed by atoms with Crippen molar-refractivity contribution in [1.29, 1.82) is 0 Å². The highest BCUT2D eigenvalue weighted by Gasteiger charge is 2.53. The number of carbonyl (C=O) groups is 2. The van der Waals surface area contributed by atoms with Crippen molar-refractivity contribution in [1.82, 2.24) is 0 Å². The van der Waals surface area contributed by atoms with E-state index >= 15 is 0 Å². The van der Waals surface area contributed by atoms with E-state index < -0.39 is 159 Å². The first-order valence-corrected chi connectivity index (χ1v) is 24.0. The molecular formula is C52H56O27. The highest BCUT2D eigenvalue weighted by molar-refractivity contribution is 5.87. The Morgan fingerprint density at radius 3 is 1.65 bits per heavy atom. The molecule has 4 aromatic carbocycles. The summed E-state index contributed by atoms with van der Waals surface area (Å²) < 4.78 is 58.2. The lowest BCUT2D eigenvalue weighted by atomic mass is 9.97. The zero-order chi connectivity index (χ0) is 57.0. The maximum Gasteiger partial charge on any atom is 0.330 e. The minimum Gasteiger partial charge on any atom is -0.508 e. The molecule has 426 valence electrons. The molecule has 15 N–H and O–H groups in total. The van der Waals surface area contributed by atoms with Crippen LogP contribution in [-0.4, -0.2) is 208 Å². The van der Waals surface area contributed by atoms with Gasteiger partial charge in [-0.2, -0.15) is 0 Å². The Bertz CT molecular complexity index is 2910. The van der Waals surface area contributed by atoms with E-state index in [2.05, 4.69) is 0 Å². The summed E-state index contributed by atoms with van der Waals surface area (Å²) in [6, 6.07) is 13.5. The van der Waals surface area contributed by atoms with Crippen LogP contribution in [0.15, 0.2) is 84.6 Å². The molecule has 8 rings (SSSR count). The Hall–Kier alpha value is -7.48. The van der Waals surface area contributed by atoms with Crippen LogP contribution < -0.4 is 14.2 Å². The molecule has 0 aliphatic carbocycles. The number of methoxy groups -OCH3 is 1. The van der Waals surface area contributed by atoms with Crippen LogP contribution in [0, 0.1) is 0 Å². The molecule has 0 amide bonds. The molecule has 4 aromatic rings. The second kappa shape index (κ2) is 24.7. The number of hydrogen-bond donors (Lipinski definition) is 15.